The highest BCUT2D eigenvalue weighted by Crippen LogP contribution is 2.35. The number of benzene rings is 2. The minimum absolute atomic E-state index is 0.0967. The summed E-state index contributed by atoms with van der Waals surface area (Å²) in [5.74, 6) is 2.20. The van der Waals surface area contributed by atoms with Crippen LogP contribution in [0.15, 0.2) is 76.3 Å². The molecule has 0 spiro atoms. The Morgan fingerprint density at radius 1 is 1.00 bits per heavy atom. The molecule has 0 saturated carbocycles. The smallest absolute Gasteiger partial charge is 0.235 e. The monoisotopic (exact) mass is 460 g/mol. The first-order valence-corrected chi connectivity index (χ1v) is 11.4. The fraction of sp³-hybridized carbons (Fsp3) is 0.321. The van der Waals surface area contributed by atoms with Gasteiger partial charge in [-0.3, -0.25) is 0 Å². The molecule has 1 atom stereocenters. The lowest BCUT2D eigenvalue weighted by atomic mass is 9.98. The molecule has 0 N–H and O–H groups in total. The summed E-state index contributed by atoms with van der Waals surface area (Å²) in [6, 6.07) is 16.6. The highest BCUT2D eigenvalue weighted by atomic mass is 16.5. The summed E-state index contributed by atoms with van der Waals surface area (Å²) in [6.07, 6.45) is 1.99. The number of anilines is 1. The summed E-state index contributed by atoms with van der Waals surface area (Å²) in [5.41, 5.74) is 7.43. The van der Waals surface area contributed by atoms with E-state index in [2.05, 4.69) is 47.3 Å². The molecule has 2 heterocycles. The van der Waals surface area contributed by atoms with Gasteiger partial charge in [0.25, 0.3) is 0 Å². The zero-order valence-corrected chi connectivity index (χ0v) is 20.7. The third-order valence-corrected chi connectivity index (χ3v) is 6.25. The lowest BCUT2D eigenvalue weighted by Gasteiger charge is -2.34. The van der Waals surface area contributed by atoms with Crippen LogP contribution in [0.2, 0.25) is 0 Å². The van der Waals surface area contributed by atoms with Gasteiger partial charge in [0.2, 0.25) is 5.88 Å². The van der Waals surface area contributed by atoms with E-state index in [-0.39, 0.29) is 6.04 Å². The number of methoxy groups -OCH3 is 2. The van der Waals surface area contributed by atoms with Crippen molar-refractivity contribution in [3.8, 4) is 11.1 Å². The number of nitrogens with zero attached hydrogens (tertiary/aromatic N) is 2. The first-order chi connectivity index (χ1) is 16.4. The second-order valence-corrected chi connectivity index (χ2v) is 8.54. The predicted octanol–water partition coefficient (Wildman–Crippen LogP) is 6.29. The van der Waals surface area contributed by atoms with E-state index in [1.165, 1.54) is 11.1 Å². The van der Waals surface area contributed by atoms with Gasteiger partial charge in [-0.25, -0.2) is 0 Å². The zero-order chi connectivity index (χ0) is 24.2. The van der Waals surface area contributed by atoms with E-state index in [0.717, 1.165) is 45.5 Å². The minimum atomic E-state index is -0.0967. The molecule has 6 nitrogen and oxygen atoms in total. The average molecular weight is 461 g/mol. The molecular formula is C28H32N2O4. The molecular weight excluding hydrogens is 428 g/mol. The van der Waals surface area contributed by atoms with Crippen LogP contribution in [0.3, 0.4) is 0 Å². The van der Waals surface area contributed by atoms with Crippen molar-refractivity contribution in [3.05, 3.63) is 94.2 Å². The van der Waals surface area contributed by atoms with Crippen LogP contribution in [0.1, 0.15) is 36.2 Å². The van der Waals surface area contributed by atoms with Crippen molar-refractivity contribution in [1.29, 1.82) is 0 Å². The van der Waals surface area contributed by atoms with Gasteiger partial charge in [0.15, 0.2) is 11.5 Å². The zero-order valence-electron chi connectivity index (χ0n) is 20.7. The minimum Gasteiger partial charge on any atom is -0.495 e. The third-order valence-electron chi connectivity index (χ3n) is 6.25. The van der Waals surface area contributed by atoms with Crippen molar-refractivity contribution in [2.75, 3.05) is 19.1 Å². The molecule has 0 fully saturated rings. The highest BCUT2D eigenvalue weighted by Gasteiger charge is 2.32. The van der Waals surface area contributed by atoms with Gasteiger partial charge in [0, 0.05) is 24.4 Å². The number of hydrogen-bond donors (Lipinski definition) is 0. The Morgan fingerprint density at radius 2 is 1.76 bits per heavy atom. The van der Waals surface area contributed by atoms with Gasteiger partial charge in [-0.2, -0.15) is 0 Å². The van der Waals surface area contributed by atoms with Gasteiger partial charge in [-0.1, -0.05) is 47.6 Å². The van der Waals surface area contributed by atoms with E-state index >= 15 is 0 Å². The molecule has 178 valence electrons. The molecule has 2 aromatic carbocycles. The number of rotatable bonds is 8. The molecule has 0 aliphatic carbocycles. The van der Waals surface area contributed by atoms with Crippen molar-refractivity contribution in [2.45, 2.75) is 47.0 Å². The van der Waals surface area contributed by atoms with Crippen molar-refractivity contribution >= 4 is 5.88 Å². The summed E-state index contributed by atoms with van der Waals surface area (Å²) in [6.45, 7) is 9.02. The van der Waals surface area contributed by atoms with Gasteiger partial charge >= 0.3 is 0 Å². The summed E-state index contributed by atoms with van der Waals surface area (Å²) in [4.78, 5) is 2.09. The Kier molecular flexibility index (Phi) is 7.08. The van der Waals surface area contributed by atoms with Gasteiger partial charge < -0.3 is 23.6 Å². The maximum absolute atomic E-state index is 6.28. The SMILES string of the molecule is COCc1cc(COC2=C(OC)C(C)N(c3onc(C)c3C)C(C)=C2)ccc1-c1ccccc1. The largest absolute Gasteiger partial charge is 0.495 e. The van der Waals surface area contributed by atoms with Gasteiger partial charge in [0.05, 0.1) is 25.5 Å². The van der Waals surface area contributed by atoms with Crippen molar-refractivity contribution in [1.82, 2.24) is 5.16 Å². The van der Waals surface area contributed by atoms with Crippen LogP contribution >= 0.6 is 0 Å². The Hall–Kier alpha value is -3.51. The summed E-state index contributed by atoms with van der Waals surface area (Å²) < 4.78 is 23.1. The number of aryl methyl sites for hydroxylation is 1. The van der Waals surface area contributed by atoms with Gasteiger partial charge in [0.1, 0.15) is 6.61 Å². The van der Waals surface area contributed by atoms with E-state index < -0.39 is 0 Å². The van der Waals surface area contributed by atoms with Crippen molar-refractivity contribution in [2.24, 2.45) is 0 Å². The Morgan fingerprint density at radius 3 is 2.41 bits per heavy atom. The number of ether oxygens (including phenoxy) is 3. The highest BCUT2D eigenvalue weighted by molar-refractivity contribution is 5.67. The molecule has 4 rings (SSSR count). The maximum atomic E-state index is 6.28. The fourth-order valence-electron chi connectivity index (χ4n) is 4.38. The van der Waals surface area contributed by atoms with Crippen molar-refractivity contribution < 1.29 is 18.7 Å². The fourth-order valence-corrected chi connectivity index (χ4v) is 4.38. The average Bonchev–Trinajstić information content (AvgIpc) is 3.16. The van der Waals surface area contributed by atoms with Gasteiger partial charge in [-0.05, 0) is 56.0 Å². The Bertz CT molecular complexity index is 1210. The van der Waals surface area contributed by atoms with E-state index in [9.17, 15) is 0 Å². The molecule has 1 aromatic heterocycles. The van der Waals surface area contributed by atoms with Crippen LogP contribution in [0.25, 0.3) is 11.1 Å². The molecule has 0 amide bonds. The Balaban J connectivity index is 1.57. The van der Waals surface area contributed by atoms with Crippen molar-refractivity contribution in [3.63, 3.8) is 0 Å². The summed E-state index contributed by atoms with van der Waals surface area (Å²) >= 11 is 0. The van der Waals surface area contributed by atoms with E-state index in [1.807, 2.05) is 45.0 Å². The molecule has 1 aliphatic heterocycles. The second-order valence-electron chi connectivity index (χ2n) is 8.54. The Labute approximate surface area is 201 Å². The molecule has 3 aromatic rings. The maximum Gasteiger partial charge on any atom is 0.235 e. The molecule has 1 unspecified atom stereocenters. The molecule has 0 radical (unpaired) electrons. The van der Waals surface area contributed by atoms with Crippen LogP contribution < -0.4 is 4.90 Å². The normalized spacial score (nSPS) is 16.0. The molecule has 6 heteroatoms. The van der Waals surface area contributed by atoms with E-state index in [1.54, 1.807) is 14.2 Å². The first kappa shape index (κ1) is 23.6. The number of allylic oxidation sites excluding steroid dienone is 2. The standard InChI is InChI=1S/C28H32N2O4/c1-18-14-26(27(32-6)21(4)30(18)28-19(2)20(3)29-34-28)33-16-22-12-13-25(24(15-22)17-31-5)23-10-8-7-9-11-23/h7-15,21H,16-17H2,1-6H3. The molecule has 0 saturated heterocycles. The number of aromatic nitrogens is 1. The second kappa shape index (κ2) is 10.2. The summed E-state index contributed by atoms with van der Waals surface area (Å²) in [5, 5.41) is 4.12. The topological polar surface area (TPSA) is 57.0 Å². The van der Waals surface area contributed by atoms with E-state index in [0.29, 0.717) is 13.2 Å². The van der Waals surface area contributed by atoms with Crippen LogP contribution in [0.5, 0.6) is 0 Å². The van der Waals surface area contributed by atoms with Crippen LogP contribution in [0, 0.1) is 13.8 Å². The number of hydrogen-bond acceptors (Lipinski definition) is 6. The first-order valence-electron chi connectivity index (χ1n) is 11.4. The van der Waals surface area contributed by atoms with E-state index in [4.69, 9.17) is 18.7 Å². The van der Waals surface area contributed by atoms with Crippen LogP contribution in [-0.4, -0.2) is 25.4 Å². The third kappa shape index (κ3) is 4.59. The van der Waals surface area contributed by atoms with Gasteiger partial charge in [-0.15, -0.1) is 0 Å². The van der Waals surface area contributed by atoms with Crippen LogP contribution in [0.4, 0.5) is 5.88 Å². The summed E-state index contributed by atoms with van der Waals surface area (Å²) in [7, 11) is 3.39. The lowest BCUT2D eigenvalue weighted by Crippen LogP contribution is -2.37. The van der Waals surface area contributed by atoms with Crippen LogP contribution in [-0.2, 0) is 27.4 Å². The quantitative estimate of drug-likeness (QED) is 0.394. The molecule has 34 heavy (non-hydrogen) atoms. The molecule has 1 aliphatic rings. The predicted molar refractivity (Wildman–Crippen MR) is 133 cm³/mol. The molecule has 0 bridgehead atoms. The lowest BCUT2D eigenvalue weighted by molar-refractivity contribution is 0.164.